The molecular formula is C18H23N7S. The Bertz CT molecular complexity index is 902. The third-order valence-electron chi connectivity index (χ3n) is 4.81. The second-order valence-electron chi connectivity index (χ2n) is 6.89. The molecule has 3 N–H and O–H groups in total. The number of nitrogens with two attached hydrogens (primary N) is 1. The van der Waals surface area contributed by atoms with E-state index in [-0.39, 0.29) is 0 Å². The molecule has 0 amide bonds. The fraction of sp³-hybridized carbons (Fsp3) is 0.444. The van der Waals surface area contributed by atoms with Crippen LogP contribution in [0.2, 0.25) is 0 Å². The van der Waals surface area contributed by atoms with Gasteiger partial charge in [-0.3, -0.25) is 4.90 Å². The van der Waals surface area contributed by atoms with Gasteiger partial charge in [-0.05, 0) is 55.9 Å². The van der Waals surface area contributed by atoms with Crippen LogP contribution in [-0.2, 0) is 6.54 Å². The van der Waals surface area contributed by atoms with Crippen LogP contribution < -0.4 is 11.1 Å². The Morgan fingerprint density at radius 1 is 1.23 bits per heavy atom. The molecule has 1 aliphatic heterocycles. The molecule has 4 rings (SSSR count). The largest absolute Gasteiger partial charge is 0.383 e. The number of hydrogen-bond acceptors (Lipinski definition) is 8. The lowest BCUT2D eigenvalue weighted by molar-refractivity contribution is 0.212. The first kappa shape index (κ1) is 17.1. The molecule has 0 unspecified atom stereocenters. The van der Waals surface area contributed by atoms with Crippen LogP contribution in [0.5, 0.6) is 0 Å². The molecule has 1 aliphatic rings. The maximum atomic E-state index is 6.17. The standard InChI is InChI=1S/C18H23N7S/c1-11-9-12(2)21-17-15(11)16(19)23-18(24-17)22-13-4-7-25(8-5-13)10-14-3-6-20-26-14/h3,6,9,13H,4-5,7-8,10H2,1-2H3,(H3,19,21,22,23,24). The molecule has 0 aromatic carbocycles. The zero-order valence-corrected chi connectivity index (χ0v) is 15.9. The van der Waals surface area contributed by atoms with Crippen LogP contribution in [0.3, 0.4) is 0 Å². The maximum absolute atomic E-state index is 6.17. The van der Waals surface area contributed by atoms with Gasteiger partial charge < -0.3 is 11.1 Å². The predicted molar refractivity (Wildman–Crippen MR) is 105 cm³/mol. The van der Waals surface area contributed by atoms with Crippen LogP contribution in [0, 0.1) is 13.8 Å². The quantitative estimate of drug-likeness (QED) is 0.730. The van der Waals surface area contributed by atoms with Crippen molar-refractivity contribution >= 4 is 34.3 Å². The molecule has 0 atom stereocenters. The average Bonchev–Trinajstić information content (AvgIpc) is 3.08. The molecule has 1 fully saturated rings. The van der Waals surface area contributed by atoms with Gasteiger partial charge in [0.1, 0.15) is 5.82 Å². The van der Waals surface area contributed by atoms with Crippen molar-refractivity contribution in [2.24, 2.45) is 0 Å². The first-order chi connectivity index (χ1) is 12.6. The Morgan fingerprint density at radius 2 is 2.04 bits per heavy atom. The van der Waals surface area contributed by atoms with Gasteiger partial charge in [0.05, 0.1) is 5.39 Å². The highest BCUT2D eigenvalue weighted by Crippen LogP contribution is 2.24. The highest BCUT2D eigenvalue weighted by Gasteiger charge is 2.21. The molecule has 3 aromatic rings. The summed E-state index contributed by atoms with van der Waals surface area (Å²) in [6.45, 7) is 7.07. The van der Waals surface area contributed by atoms with Crippen LogP contribution in [0.4, 0.5) is 11.8 Å². The van der Waals surface area contributed by atoms with E-state index in [2.05, 4.69) is 35.6 Å². The third kappa shape index (κ3) is 3.61. The fourth-order valence-electron chi connectivity index (χ4n) is 3.54. The minimum Gasteiger partial charge on any atom is -0.383 e. The van der Waals surface area contributed by atoms with Gasteiger partial charge in [0.15, 0.2) is 5.65 Å². The number of hydrogen-bond donors (Lipinski definition) is 2. The normalized spacial score (nSPS) is 16.2. The van der Waals surface area contributed by atoms with Gasteiger partial charge in [-0.1, -0.05) is 0 Å². The summed E-state index contributed by atoms with van der Waals surface area (Å²) in [4.78, 5) is 17.4. The highest BCUT2D eigenvalue weighted by molar-refractivity contribution is 7.05. The first-order valence-corrected chi connectivity index (χ1v) is 9.66. The Kier molecular flexibility index (Phi) is 4.69. The Balaban J connectivity index is 1.43. The number of aryl methyl sites for hydroxylation is 2. The van der Waals surface area contributed by atoms with Crippen molar-refractivity contribution in [1.82, 2.24) is 24.2 Å². The molecule has 0 aliphatic carbocycles. The second kappa shape index (κ2) is 7.13. The number of anilines is 2. The number of aromatic nitrogens is 4. The second-order valence-corrected chi connectivity index (χ2v) is 7.80. The van der Waals surface area contributed by atoms with E-state index < -0.39 is 0 Å². The van der Waals surface area contributed by atoms with Crippen LogP contribution >= 0.6 is 11.5 Å². The number of nitrogens with zero attached hydrogens (tertiary/aromatic N) is 5. The van der Waals surface area contributed by atoms with E-state index >= 15 is 0 Å². The van der Waals surface area contributed by atoms with Gasteiger partial charge in [-0.2, -0.15) is 9.97 Å². The van der Waals surface area contributed by atoms with Gasteiger partial charge in [-0.15, -0.1) is 0 Å². The molecular weight excluding hydrogens is 346 g/mol. The van der Waals surface area contributed by atoms with Crippen LogP contribution in [0.15, 0.2) is 18.3 Å². The van der Waals surface area contributed by atoms with Gasteiger partial charge in [-0.25, -0.2) is 9.36 Å². The topological polar surface area (TPSA) is 92.8 Å². The van der Waals surface area contributed by atoms with Gasteiger partial charge >= 0.3 is 0 Å². The number of pyridine rings is 1. The highest BCUT2D eigenvalue weighted by atomic mass is 32.1. The predicted octanol–water partition coefficient (Wildman–Crippen LogP) is 2.76. The third-order valence-corrected chi connectivity index (χ3v) is 5.54. The number of nitrogens with one attached hydrogen (secondary N) is 1. The van der Waals surface area contributed by atoms with E-state index in [0.717, 1.165) is 49.1 Å². The minimum atomic E-state index is 0.357. The van der Waals surface area contributed by atoms with Crippen LogP contribution in [0.25, 0.3) is 11.0 Å². The van der Waals surface area contributed by atoms with Crippen molar-refractivity contribution in [2.75, 3.05) is 24.1 Å². The van der Waals surface area contributed by atoms with E-state index in [1.165, 1.54) is 4.88 Å². The summed E-state index contributed by atoms with van der Waals surface area (Å²) in [5.74, 6) is 1.07. The smallest absolute Gasteiger partial charge is 0.226 e. The molecule has 1 saturated heterocycles. The molecule has 0 radical (unpaired) electrons. The molecule has 3 aromatic heterocycles. The zero-order valence-electron chi connectivity index (χ0n) is 15.1. The lowest BCUT2D eigenvalue weighted by Crippen LogP contribution is -2.38. The van der Waals surface area contributed by atoms with E-state index in [0.29, 0.717) is 23.5 Å². The molecule has 136 valence electrons. The summed E-state index contributed by atoms with van der Waals surface area (Å²) in [6.07, 6.45) is 3.98. The number of piperidine rings is 1. The van der Waals surface area contributed by atoms with E-state index in [4.69, 9.17) is 5.73 Å². The maximum Gasteiger partial charge on any atom is 0.226 e. The molecule has 4 heterocycles. The van der Waals surface area contributed by atoms with Crippen molar-refractivity contribution in [3.63, 3.8) is 0 Å². The lowest BCUT2D eigenvalue weighted by atomic mass is 10.1. The van der Waals surface area contributed by atoms with Crippen molar-refractivity contribution in [3.05, 3.63) is 34.5 Å². The van der Waals surface area contributed by atoms with Crippen molar-refractivity contribution in [3.8, 4) is 0 Å². The zero-order chi connectivity index (χ0) is 18.1. The van der Waals surface area contributed by atoms with Gasteiger partial charge in [0.25, 0.3) is 0 Å². The van der Waals surface area contributed by atoms with Crippen molar-refractivity contribution in [2.45, 2.75) is 39.3 Å². The summed E-state index contributed by atoms with van der Waals surface area (Å²) < 4.78 is 4.17. The van der Waals surface area contributed by atoms with Crippen LogP contribution in [-0.4, -0.2) is 43.4 Å². The number of rotatable bonds is 4. The molecule has 8 heteroatoms. The van der Waals surface area contributed by atoms with Crippen molar-refractivity contribution < 1.29 is 0 Å². The summed E-state index contributed by atoms with van der Waals surface area (Å²) in [5, 5.41) is 4.30. The van der Waals surface area contributed by atoms with Crippen LogP contribution in [0.1, 0.15) is 29.0 Å². The number of nitrogen functional groups attached to an aromatic ring is 1. The number of likely N-dealkylation sites (tertiary alicyclic amines) is 1. The van der Waals surface area contributed by atoms with Crippen molar-refractivity contribution in [1.29, 1.82) is 0 Å². The average molecular weight is 369 g/mol. The van der Waals surface area contributed by atoms with Gasteiger partial charge in [0, 0.05) is 42.4 Å². The fourth-order valence-corrected chi connectivity index (χ4v) is 4.16. The Morgan fingerprint density at radius 3 is 2.77 bits per heavy atom. The lowest BCUT2D eigenvalue weighted by Gasteiger charge is -2.32. The van der Waals surface area contributed by atoms with Gasteiger partial charge in [0.2, 0.25) is 5.95 Å². The number of fused-ring (bicyclic) bond motifs is 1. The van der Waals surface area contributed by atoms with E-state index in [1.807, 2.05) is 26.1 Å². The summed E-state index contributed by atoms with van der Waals surface area (Å²) in [6, 6.07) is 4.46. The molecule has 0 spiro atoms. The van der Waals surface area contributed by atoms with E-state index in [9.17, 15) is 0 Å². The summed E-state index contributed by atoms with van der Waals surface area (Å²) >= 11 is 1.58. The van der Waals surface area contributed by atoms with E-state index in [1.54, 1.807) is 11.5 Å². The molecule has 0 bridgehead atoms. The molecule has 0 saturated carbocycles. The Labute approximate surface area is 156 Å². The Hall–Kier alpha value is -2.32. The summed E-state index contributed by atoms with van der Waals surface area (Å²) in [5.41, 5.74) is 8.84. The monoisotopic (exact) mass is 369 g/mol. The molecule has 7 nitrogen and oxygen atoms in total. The SMILES string of the molecule is Cc1cc(C)c2c(N)nc(NC3CCN(Cc4ccns4)CC3)nc2n1. The molecule has 26 heavy (non-hydrogen) atoms. The minimum absolute atomic E-state index is 0.357. The first-order valence-electron chi connectivity index (χ1n) is 8.88. The summed E-state index contributed by atoms with van der Waals surface area (Å²) in [7, 11) is 0.